The van der Waals surface area contributed by atoms with Crippen LogP contribution in [0.4, 0.5) is 14.0 Å². The molecule has 0 unspecified atom stereocenters. The topological polar surface area (TPSA) is 70.1 Å². The Kier molecular flexibility index (Phi) is 8.50. The number of halogens is 1. The summed E-state index contributed by atoms with van der Waals surface area (Å²) in [7, 11) is 1.63. The normalized spacial score (nSPS) is 20.3. The fraction of sp³-hybridized carbons (Fsp3) is 0.652. The van der Waals surface area contributed by atoms with E-state index in [2.05, 4.69) is 0 Å². The molecular formula is C23H35FN2O4. The van der Waals surface area contributed by atoms with Crippen molar-refractivity contribution >= 4 is 12.2 Å². The molecule has 0 bridgehead atoms. The van der Waals surface area contributed by atoms with Crippen LogP contribution in [0.25, 0.3) is 0 Å². The van der Waals surface area contributed by atoms with Crippen LogP contribution in [0.15, 0.2) is 30.3 Å². The number of benzene rings is 1. The lowest BCUT2D eigenvalue weighted by Crippen LogP contribution is -2.55. The first-order chi connectivity index (χ1) is 14.1. The Labute approximate surface area is 179 Å². The van der Waals surface area contributed by atoms with Crippen LogP contribution >= 0.6 is 0 Å². The van der Waals surface area contributed by atoms with Crippen molar-refractivity contribution in [2.24, 2.45) is 5.92 Å². The zero-order chi connectivity index (χ0) is 22.3. The van der Waals surface area contributed by atoms with Crippen LogP contribution in [-0.2, 0) is 11.3 Å². The molecule has 1 aromatic rings. The van der Waals surface area contributed by atoms with Crippen LogP contribution in [0.2, 0.25) is 0 Å². The number of carboxylic acid groups (broad SMARTS) is 1. The average molecular weight is 423 g/mol. The molecule has 6 nitrogen and oxygen atoms in total. The first-order valence-electron chi connectivity index (χ1n) is 10.7. The van der Waals surface area contributed by atoms with Gasteiger partial charge in [0.05, 0.1) is 6.04 Å². The SMILES string of the molecule is CN(C[C@H](C[C@H]1CC[C@H](F)CC1)N(C(=O)O)C(C)(C)C)C(=O)OCc1ccccc1. The lowest BCUT2D eigenvalue weighted by Gasteiger charge is -2.42. The number of rotatable bonds is 7. The van der Waals surface area contributed by atoms with E-state index >= 15 is 0 Å². The van der Waals surface area contributed by atoms with Gasteiger partial charge in [0.2, 0.25) is 0 Å². The number of amides is 2. The van der Waals surface area contributed by atoms with E-state index in [4.69, 9.17) is 4.74 Å². The van der Waals surface area contributed by atoms with Gasteiger partial charge in [-0.1, -0.05) is 30.3 Å². The monoisotopic (exact) mass is 422 g/mol. The fourth-order valence-corrected chi connectivity index (χ4v) is 4.21. The molecule has 7 heteroatoms. The van der Waals surface area contributed by atoms with Gasteiger partial charge in [-0.15, -0.1) is 0 Å². The summed E-state index contributed by atoms with van der Waals surface area (Å²) in [5, 5.41) is 9.89. The van der Waals surface area contributed by atoms with E-state index in [0.29, 0.717) is 19.3 Å². The zero-order valence-electron chi connectivity index (χ0n) is 18.5. The third-order valence-electron chi connectivity index (χ3n) is 5.68. The van der Waals surface area contributed by atoms with Gasteiger partial charge < -0.3 is 14.7 Å². The largest absolute Gasteiger partial charge is 0.465 e. The molecule has 1 fully saturated rings. The van der Waals surface area contributed by atoms with Crippen LogP contribution in [0, 0.1) is 5.92 Å². The molecule has 1 aliphatic rings. The molecule has 30 heavy (non-hydrogen) atoms. The molecule has 1 N–H and O–H groups in total. The summed E-state index contributed by atoms with van der Waals surface area (Å²) < 4.78 is 18.9. The molecule has 168 valence electrons. The molecule has 0 saturated heterocycles. The van der Waals surface area contributed by atoms with Gasteiger partial charge in [-0.05, 0) is 64.4 Å². The van der Waals surface area contributed by atoms with E-state index in [-0.39, 0.29) is 19.1 Å². The second-order valence-electron chi connectivity index (χ2n) is 9.25. The van der Waals surface area contributed by atoms with E-state index in [1.54, 1.807) is 7.05 Å². The quantitative estimate of drug-likeness (QED) is 0.646. The van der Waals surface area contributed by atoms with Crippen LogP contribution in [0.1, 0.15) is 58.4 Å². The summed E-state index contributed by atoms with van der Waals surface area (Å²) in [6.07, 6.45) is 0.882. The summed E-state index contributed by atoms with van der Waals surface area (Å²) in [6, 6.07) is 9.02. The maximum Gasteiger partial charge on any atom is 0.409 e. The summed E-state index contributed by atoms with van der Waals surface area (Å²) in [4.78, 5) is 27.5. The molecule has 0 aliphatic heterocycles. The standard InChI is InChI=1S/C23H35FN2O4/c1-23(2,3)26(21(27)28)20(14-17-10-12-19(24)13-11-17)15-25(4)22(29)30-16-18-8-6-5-7-9-18/h5-9,17,19-20H,10-16H2,1-4H3,(H,27,28)/t17-,19-,20-/m0/s1. The first-order valence-corrected chi connectivity index (χ1v) is 10.7. The van der Waals surface area contributed by atoms with Gasteiger partial charge in [0, 0.05) is 19.1 Å². The molecule has 1 saturated carbocycles. The summed E-state index contributed by atoms with van der Waals surface area (Å²) >= 11 is 0. The fourth-order valence-electron chi connectivity index (χ4n) is 4.21. The Hall–Kier alpha value is -2.31. The number of alkyl halides is 1. The van der Waals surface area contributed by atoms with Crippen LogP contribution < -0.4 is 0 Å². The molecule has 1 aliphatic carbocycles. The van der Waals surface area contributed by atoms with Crippen LogP contribution in [0.3, 0.4) is 0 Å². The Morgan fingerprint density at radius 3 is 2.30 bits per heavy atom. The highest BCUT2D eigenvalue weighted by Gasteiger charge is 2.36. The van der Waals surface area contributed by atoms with E-state index in [9.17, 15) is 19.1 Å². The van der Waals surface area contributed by atoms with Crippen molar-refractivity contribution in [1.82, 2.24) is 9.80 Å². The molecular weight excluding hydrogens is 387 g/mol. The second-order valence-corrected chi connectivity index (χ2v) is 9.25. The van der Waals surface area contributed by atoms with E-state index in [1.807, 2.05) is 51.1 Å². The minimum Gasteiger partial charge on any atom is -0.465 e. The second kappa shape index (κ2) is 10.6. The Morgan fingerprint density at radius 2 is 1.77 bits per heavy atom. The molecule has 2 amide bonds. The third kappa shape index (κ3) is 7.18. The highest BCUT2D eigenvalue weighted by Crippen LogP contribution is 2.32. The lowest BCUT2D eigenvalue weighted by molar-refractivity contribution is 0.0382. The highest BCUT2D eigenvalue weighted by atomic mass is 19.1. The highest BCUT2D eigenvalue weighted by molar-refractivity contribution is 5.68. The van der Waals surface area contributed by atoms with Gasteiger partial charge in [0.15, 0.2) is 0 Å². The van der Waals surface area contributed by atoms with Gasteiger partial charge in [0.1, 0.15) is 12.8 Å². The minimum atomic E-state index is -1.02. The van der Waals surface area contributed by atoms with Gasteiger partial charge in [-0.3, -0.25) is 4.90 Å². The lowest BCUT2D eigenvalue weighted by atomic mass is 9.83. The minimum absolute atomic E-state index is 0.164. The molecule has 0 spiro atoms. The third-order valence-corrected chi connectivity index (χ3v) is 5.68. The summed E-state index contributed by atoms with van der Waals surface area (Å²) in [5.74, 6) is 0.250. The first kappa shape index (κ1) is 24.0. The van der Waals surface area contributed by atoms with E-state index in [0.717, 1.165) is 18.4 Å². The van der Waals surface area contributed by atoms with E-state index < -0.39 is 29.9 Å². The van der Waals surface area contributed by atoms with Crippen molar-refractivity contribution in [1.29, 1.82) is 0 Å². The Balaban J connectivity index is 2.06. The number of hydrogen-bond donors (Lipinski definition) is 1. The van der Waals surface area contributed by atoms with Crippen molar-refractivity contribution in [3.05, 3.63) is 35.9 Å². The molecule has 1 aromatic carbocycles. The number of carbonyl (C=O) groups is 2. The van der Waals surface area contributed by atoms with Crippen LogP contribution in [-0.4, -0.2) is 58.4 Å². The predicted octanol–water partition coefficient (Wildman–Crippen LogP) is 5.32. The molecule has 2 rings (SSSR count). The number of hydrogen-bond acceptors (Lipinski definition) is 3. The number of ether oxygens (including phenoxy) is 1. The van der Waals surface area contributed by atoms with Crippen molar-refractivity contribution in [2.45, 2.75) is 77.2 Å². The molecule has 0 aromatic heterocycles. The van der Waals surface area contributed by atoms with E-state index in [1.165, 1.54) is 9.80 Å². The molecule has 0 radical (unpaired) electrons. The smallest absolute Gasteiger partial charge is 0.409 e. The average Bonchev–Trinajstić information content (AvgIpc) is 2.67. The van der Waals surface area contributed by atoms with Gasteiger partial charge in [0.25, 0.3) is 0 Å². The number of nitrogens with zero attached hydrogens (tertiary/aromatic N) is 2. The van der Waals surface area contributed by atoms with Crippen LogP contribution in [0.5, 0.6) is 0 Å². The van der Waals surface area contributed by atoms with Gasteiger partial charge in [-0.2, -0.15) is 0 Å². The maximum atomic E-state index is 13.5. The van der Waals surface area contributed by atoms with Crippen molar-refractivity contribution in [2.75, 3.05) is 13.6 Å². The van der Waals surface area contributed by atoms with Gasteiger partial charge >= 0.3 is 12.2 Å². The molecule has 0 heterocycles. The van der Waals surface area contributed by atoms with Crippen molar-refractivity contribution < 1.29 is 23.8 Å². The Morgan fingerprint density at radius 1 is 1.17 bits per heavy atom. The zero-order valence-corrected chi connectivity index (χ0v) is 18.5. The van der Waals surface area contributed by atoms with Crippen molar-refractivity contribution in [3.8, 4) is 0 Å². The van der Waals surface area contributed by atoms with Crippen molar-refractivity contribution in [3.63, 3.8) is 0 Å². The molecule has 1 atom stereocenters. The summed E-state index contributed by atoms with van der Waals surface area (Å²) in [6.45, 7) is 5.94. The summed E-state index contributed by atoms with van der Waals surface area (Å²) in [5.41, 5.74) is 0.267. The maximum absolute atomic E-state index is 13.5. The predicted molar refractivity (Wildman–Crippen MR) is 114 cm³/mol. The van der Waals surface area contributed by atoms with Gasteiger partial charge in [-0.25, -0.2) is 14.0 Å². The number of likely N-dealkylation sites (N-methyl/N-ethyl adjacent to an activating group) is 1. The number of carbonyl (C=O) groups excluding carboxylic acids is 1. The Bertz CT molecular complexity index is 684.